The maximum Gasteiger partial charge on any atom is 0.227 e. The van der Waals surface area contributed by atoms with Gasteiger partial charge < -0.3 is 9.88 Å². The first-order valence-corrected chi connectivity index (χ1v) is 8.81. The Kier molecular flexibility index (Phi) is 4.14. The van der Waals surface area contributed by atoms with Crippen molar-refractivity contribution in [2.24, 2.45) is 0 Å². The average Bonchev–Trinajstić information content (AvgIpc) is 2.98. The van der Waals surface area contributed by atoms with Crippen LogP contribution in [0.2, 0.25) is 0 Å². The number of aromatic nitrogens is 1. The summed E-state index contributed by atoms with van der Waals surface area (Å²) >= 11 is 0. The molecule has 3 aromatic rings. The molecule has 1 aliphatic heterocycles. The average molecular weight is 330 g/mol. The number of H-pyrrole nitrogens is 1. The summed E-state index contributed by atoms with van der Waals surface area (Å²) in [4.78, 5) is 18.1. The number of fused-ring (bicyclic) bond motifs is 1. The Morgan fingerprint density at radius 1 is 1.08 bits per heavy atom. The summed E-state index contributed by atoms with van der Waals surface area (Å²) in [5, 5.41) is 1.16. The third-order valence-corrected chi connectivity index (χ3v) is 5.06. The second kappa shape index (κ2) is 6.60. The fraction of sp³-hybridized carbons (Fsp3) is 0.227. The molecular weight excluding hydrogens is 308 g/mol. The highest BCUT2D eigenvalue weighted by Crippen LogP contribution is 2.25. The van der Waals surface area contributed by atoms with E-state index in [-0.39, 0.29) is 5.91 Å². The Morgan fingerprint density at radius 3 is 2.60 bits per heavy atom. The number of para-hydroxylation sites is 1. The van der Waals surface area contributed by atoms with E-state index in [9.17, 15) is 4.79 Å². The van der Waals surface area contributed by atoms with Crippen LogP contribution in [0.3, 0.4) is 0 Å². The van der Waals surface area contributed by atoms with E-state index < -0.39 is 0 Å². The lowest BCUT2D eigenvalue weighted by molar-refractivity contribution is -0.130. The topological polar surface area (TPSA) is 36.1 Å². The van der Waals surface area contributed by atoms with E-state index in [0.29, 0.717) is 13.0 Å². The van der Waals surface area contributed by atoms with Gasteiger partial charge in [0, 0.05) is 29.7 Å². The van der Waals surface area contributed by atoms with Gasteiger partial charge in [0.1, 0.15) is 0 Å². The van der Waals surface area contributed by atoms with Crippen LogP contribution in [-0.4, -0.2) is 28.9 Å². The monoisotopic (exact) mass is 330 g/mol. The summed E-state index contributed by atoms with van der Waals surface area (Å²) in [6, 6.07) is 18.6. The maximum absolute atomic E-state index is 12.8. The zero-order chi connectivity index (χ0) is 17.2. The highest BCUT2D eigenvalue weighted by atomic mass is 16.2. The molecule has 4 rings (SSSR count). The van der Waals surface area contributed by atoms with Crippen LogP contribution in [0.1, 0.15) is 23.2 Å². The van der Waals surface area contributed by atoms with Crippen molar-refractivity contribution in [2.45, 2.75) is 19.8 Å². The third-order valence-electron chi connectivity index (χ3n) is 5.06. The Labute approximate surface area is 148 Å². The van der Waals surface area contributed by atoms with Crippen LogP contribution >= 0.6 is 0 Å². The first-order chi connectivity index (χ1) is 12.2. The molecule has 0 saturated heterocycles. The second-order valence-electron chi connectivity index (χ2n) is 6.64. The van der Waals surface area contributed by atoms with Gasteiger partial charge in [0.25, 0.3) is 0 Å². The SMILES string of the molecule is Cc1[nH]c2ccccc2c1CC(=O)N1CC=C(c2ccccc2)CC1. The van der Waals surface area contributed by atoms with Gasteiger partial charge in [-0.05, 0) is 36.1 Å². The van der Waals surface area contributed by atoms with Gasteiger partial charge in [-0.15, -0.1) is 0 Å². The molecule has 1 N–H and O–H groups in total. The van der Waals surface area contributed by atoms with Crippen molar-refractivity contribution in [3.63, 3.8) is 0 Å². The summed E-state index contributed by atoms with van der Waals surface area (Å²) < 4.78 is 0. The molecule has 2 aromatic carbocycles. The number of hydrogen-bond acceptors (Lipinski definition) is 1. The Morgan fingerprint density at radius 2 is 1.84 bits per heavy atom. The van der Waals surface area contributed by atoms with E-state index in [0.717, 1.165) is 35.1 Å². The zero-order valence-electron chi connectivity index (χ0n) is 14.5. The number of amides is 1. The summed E-state index contributed by atoms with van der Waals surface area (Å²) in [5.41, 5.74) is 5.92. The lowest BCUT2D eigenvalue weighted by Crippen LogP contribution is -2.35. The van der Waals surface area contributed by atoms with Gasteiger partial charge in [-0.1, -0.05) is 54.6 Å². The van der Waals surface area contributed by atoms with Gasteiger partial charge in [0.15, 0.2) is 0 Å². The quantitative estimate of drug-likeness (QED) is 0.762. The molecule has 1 aliphatic rings. The molecule has 0 aliphatic carbocycles. The molecule has 0 saturated carbocycles. The predicted molar refractivity (Wildman–Crippen MR) is 102 cm³/mol. The number of carbonyl (C=O) groups excluding carboxylic acids is 1. The fourth-order valence-electron chi connectivity index (χ4n) is 3.64. The van der Waals surface area contributed by atoms with Crippen LogP contribution in [0.4, 0.5) is 0 Å². The molecule has 0 spiro atoms. The van der Waals surface area contributed by atoms with Crippen LogP contribution in [0, 0.1) is 6.92 Å². The van der Waals surface area contributed by atoms with E-state index >= 15 is 0 Å². The smallest absolute Gasteiger partial charge is 0.227 e. The van der Waals surface area contributed by atoms with Gasteiger partial charge in [0.05, 0.1) is 6.42 Å². The minimum Gasteiger partial charge on any atom is -0.358 e. The number of carbonyl (C=O) groups is 1. The first kappa shape index (κ1) is 15.7. The van der Waals surface area contributed by atoms with Gasteiger partial charge in [-0.2, -0.15) is 0 Å². The van der Waals surface area contributed by atoms with Crippen LogP contribution in [0.5, 0.6) is 0 Å². The molecule has 0 fully saturated rings. The van der Waals surface area contributed by atoms with Crippen molar-refractivity contribution in [3.8, 4) is 0 Å². The highest BCUT2D eigenvalue weighted by Gasteiger charge is 2.20. The van der Waals surface area contributed by atoms with E-state index in [1.54, 1.807) is 0 Å². The van der Waals surface area contributed by atoms with Crippen molar-refractivity contribution in [2.75, 3.05) is 13.1 Å². The maximum atomic E-state index is 12.8. The van der Waals surface area contributed by atoms with Gasteiger partial charge in [-0.3, -0.25) is 4.79 Å². The third kappa shape index (κ3) is 3.10. The van der Waals surface area contributed by atoms with E-state index in [2.05, 4.69) is 47.5 Å². The molecule has 2 heterocycles. The van der Waals surface area contributed by atoms with Gasteiger partial charge in [-0.25, -0.2) is 0 Å². The van der Waals surface area contributed by atoms with Gasteiger partial charge in [0.2, 0.25) is 5.91 Å². The molecule has 1 aromatic heterocycles. The van der Waals surface area contributed by atoms with Crippen LogP contribution < -0.4 is 0 Å². The zero-order valence-corrected chi connectivity index (χ0v) is 14.5. The Balaban J connectivity index is 1.49. The predicted octanol–water partition coefficient (Wildman–Crippen LogP) is 4.33. The molecule has 3 nitrogen and oxygen atoms in total. The lowest BCUT2D eigenvalue weighted by Gasteiger charge is -2.27. The van der Waals surface area contributed by atoms with Crippen molar-refractivity contribution in [3.05, 3.63) is 77.5 Å². The number of aromatic amines is 1. The van der Waals surface area contributed by atoms with Crippen LogP contribution in [0.25, 0.3) is 16.5 Å². The van der Waals surface area contributed by atoms with E-state index in [1.165, 1.54) is 11.1 Å². The van der Waals surface area contributed by atoms with Crippen LogP contribution in [0.15, 0.2) is 60.7 Å². The van der Waals surface area contributed by atoms with Crippen molar-refractivity contribution >= 4 is 22.4 Å². The number of nitrogens with zero attached hydrogens (tertiary/aromatic N) is 1. The van der Waals surface area contributed by atoms with E-state index in [4.69, 9.17) is 0 Å². The molecule has 0 unspecified atom stereocenters. The molecule has 0 atom stereocenters. The number of hydrogen-bond donors (Lipinski definition) is 1. The summed E-state index contributed by atoms with van der Waals surface area (Å²) in [7, 11) is 0. The summed E-state index contributed by atoms with van der Waals surface area (Å²) in [6.07, 6.45) is 3.58. The summed E-state index contributed by atoms with van der Waals surface area (Å²) in [5.74, 6) is 0.205. The van der Waals surface area contributed by atoms with Crippen molar-refractivity contribution < 1.29 is 4.79 Å². The van der Waals surface area contributed by atoms with E-state index in [1.807, 2.05) is 30.0 Å². The molecular formula is C22H22N2O. The molecule has 1 amide bonds. The van der Waals surface area contributed by atoms with Crippen molar-refractivity contribution in [1.29, 1.82) is 0 Å². The number of nitrogens with one attached hydrogen (secondary N) is 1. The first-order valence-electron chi connectivity index (χ1n) is 8.81. The summed E-state index contributed by atoms with van der Waals surface area (Å²) in [6.45, 7) is 3.54. The normalized spacial score (nSPS) is 14.6. The largest absolute Gasteiger partial charge is 0.358 e. The Hall–Kier alpha value is -2.81. The molecule has 3 heteroatoms. The number of aryl methyl sites for hydroxylation is 1. The molecule has 25 heavy (non-hydrogen) atoms. The second-order valence-corrected chi connectivity index (χ2v) is 6.64. The minimum atomic E-state index is 0.205. The van der Waals surface area contributed by atoms with Gasteiger partial charge >= 0.3 is 0 Å². The molecule has 0 radical (unpaired) electrons. The standard InChI is InChI=1S/C22H22N2O/c1-16-20(19-9-5-6-10-21(19)23-16)15-22(25)24-13-11-18(12-14-24)17-7-3-2-4-8-17/h2-11,23H,12-15H2,1H3. The van der Waals surface area contributed by atoms with Crippen molar-refractivity contribution in [1.82, 2.24) is 9.88 Å². The fourth-order valence-corrected chi connectivity index (χ4v) is 3.64. The highest BCUT2D eigenvalue weighted by molar-refractivity contribution is 5.90. The molecule has 0 bridgehead atoms. The molecule has 126 valence electrons. The number of rotatable bonds is 3. The number of benzene rings is 2. The van der Waals surface area contributed by atoms with Crippen LogP contribution in [-0.2, 0) is 11.2 Å². The minimum absolute atomic E-state index is 0.205. The lowest BCUT2D eigenvalue weighted by atomic mass is 9.99. The Bertz CT molecular complexity index is 937.